The number of pyridine rings is 1. The average molecular weight is 733 g/mol. The second-order valence-corrected chi connectivity index (χ2v) is 16.4. The molecule has 2 aromatic heterocycles. The van der Waals surface area contributed by atoms with Gasteiger partial charge in [0.15, 0.2) is 5.82 Å². The van der Waals surface area contributed by atoms with E-state index >= 15 is 4.39 Å². The predicted molar refractivity (Wildman–Crippen MR) is 193 cm³/mol. The summed E-state index contributed by atoms with van der Waals surface area (Å²) in [5, 5.41) is 22.5. The first kappa shape index (κ1) is 34.2. The third kappa shape index (κ3) is 5.64. The molecular formula is C39H40Cl2FN5O4. The molecule has 12 heteroatoms. The average Bonchev–Trinajstić information content (AvgIpc) is 3.36. The summed E-state index contributed by atoms with van der Waals surface area (Å²) in [5.74, 6) is -0.437. The predicted octanol–water partition coefficient (Wildman–Crippen LogP) is 8.29. The molecule has 2 aromatic carbocycles. The summed E-state index contributed by atoms with van der Waals surface area (Å²) in [6, 6.07) is 10.5. The van der Waals surface area contributed by atoms with Crippen LogP contribution in [0.15, 0.2) is 30.3 Å². The Balaban J connectivity index is 1.38. The van der Waals surface area contributed by atoms with Gasteiger partial charge in [0, 0.05) is 71.1 Å². The minimum atomic E-state index is -0.684. The van der Waals surface area contributed by atoms with Crippen LogP contribution in [-0.4, -0.2) is 67.3 Å². The molecule has 2 saturated carbocycles. The van der Waals surface area contributed by atoms with E-state index in [4.69, 9.17) is 32.9 Å². The van der Waals surface area contributed by atoms with E-state index in [2.05, 4.69) is 16.7 Å². The quantitative estimate of drug-likeness (QED) is 0.214. The van der Waals surface area contributed by atoms with Crippen LogP contribution in [0.4, 0.5) is 9.18 Å². The third-order valence-corrected chi connectivity index (χ3v) is 11.9. The van der Waals surface area contributed by atoms with E-state index in [1.54, 1.807) is 23.1 Å². The zero-order valence-corrected chi connectivity index (χ0v) is 30.6. The standard InChI is InChI=1S/C39H40Cl2FN5O4/c1-19-25-16-29(28-15-23(48)18-45(28)37(49)20-10-11-20)47(35-22-14-30(35)46(17-22)38(50)51-39(2,3)4)36(25)26-13-21(7-6-12-43)31(33(42)34(26)44-19)24-8-5-9-27(40)32(24)41/h5,8-9,13,16,20,22-23,28,30,35,48H,6-7,10-11,14-15,17-18H2,1-4H3/t22-,23-,28-,30-,35+/m1/s1. The number of β-amino-alcohol motifs (C(OH)–C–C–N with tert-alkyl or cyclic N) is 1. The van der Waals surface area contributed by atoms with Crippen LogP contribution in [0.1, 0.15) is 81.9 Å². The molecule has 9 nitrogen and oxygen atoms in total. The lowest BCUT2D eigenvalue weighted by molar-refractivity contribution is -0.133. The Kier molecular flexibility index (Phi) is 8.28. The number of aryl methyl sites for hydroxylation is 2. The summed E-state index contributed by atoms with van der Waals surface area (Å²) in [5.41, 5.74) is 3.00. The van der Waals surface area contributed by atoms with Gasteiger partial charge in [-0.2, -0.15) is 5.26 Å². The van der Waals surface area contributed by atoms with Gasteiger partial charge in [-0.1, -0.05) is 35.3 Å². The van der Waals surface area contributed by atoms with Crippen molar-refractivity contribution < 1.29 is 23.8 Å². The molecular weight excluding hydrogens is 692 g/mol. The fourth-order valence-electron chi connectivity index (χ4n) is 8.66. The molecule has 1 N–H and O–H groups in total. The highest BCUT2D eigenvalue weighted by Crippen LogP contribution is 2.54. The summed E-state index contributed by atoms with van der Waals surface area (Å²) in [7, 11) is 0. The number of fused-ring (bicyclic) bond motifs is 4. The van der Waals surface area contributed by atoms with Crippen molar-refractivity contribution in [3.05, 3.63) is 63.1 Å². The number of amides is 2. The van der Waals surface area contributed by atoms with Crippen LogP contribution < -0.4 is 0 Å². The Hall–Kier alpha value is -3.91. The summed E-state index contributed by atoms with van der Waals surface area (Å²) >= 11 is 13.1. The molecule has 51 heavy (non-hydrogen) atoms. The van der Waals surface area contributed by atoms with Crippen molar-refractivity contribution in [3.8, 4) is 17.2 Å². The Morgan fingerprint density at radius 2 is 1.88 bits per heavy atom. The molecule has 5 heterocycles. The fraction of sp³-hybridized carbons (Fsp3) is 0.487. The van der Waals surface area contributed by atoms with Gasteiger partial charge in [-0.05, 0) is 77.1 Å². The van der Waals surface area contributed by atoms with E-state index in [0.29, 0.717) is 35.2 Å². The number of aliphatic hydroxyl groups excluding tert-OH is 1. The summed E-state index contributed by atoms with van der Waals surface area (Å²) in [6.07, 6.45) is 2.22. The number of carbonyl (C=O) groups is 2. The zero-order valence-electron chi connectivity index (χ0n) is 29.0. The SMILES string of the molecule is Cc1nc2c(F)c(-c3cccc(Cl)c3Cl)c(CCC#N)cc2c2c1cc([C@H]1C[C@@H](O)CN1C(=O)C1CC1)n2[C@H]1[C@@H]2C[C@H]1N(C(=O)OC(C)(C)C)C2. The number of likely N-dealkylation sites (tertiary alicyclic amines) is 1. The highest BCUT2D eigenvalue weighted by Gasteiger charge is 2.57. The number of nitriles is 1. The van der Waals surface area contributed by atoms with Crippen LogP contribution in [-0.2, 0) is 16.0 Å². The van der Waals surface area contributed by atoms with Crippen LogP contribution in [0.3, 0.4) is 0 Å². The minimum absolute atomic E-state index is 0.0315. The van der Waals surface area contributed by atoms with Crippen LogP contribution in [0.5, 0.6) is 0 Å². The molecule has 4 aromatic rings. The first-order valence-electron chi connectivity index (χ1n) is 17.7. The molecule has 266 valence electrons. The van der Waals surface area contributed by atoms with Crippen molar-refractivity contribution >= 4 is 57.0 Å². The lowest BCUT2D eigenvalue weighted by Gasteiger charge is -2.40. The number of rotatable bonds is 6. The van der Waals surface area contributed by atoms with Crippen LogP contribution in [0, 0.1) is 35.9 Å². The first-order chi connectivity index (χ1) is 24.3. The molecule has 0 radical (unpaired) electrons. The Morgan fingerprint density at radius 3 is 2.59 bits per heavy atom. The molecule has 2 bridgehead atoms. The zero-order chi connectivity index (χ0) is 36.1. The second kappa shape index (κ2) is 12.4. The van der Waals surface area contributed by atoms with Crippen molar-refractivity contribution in [2.24, 2.45) is 11.8 Å². The van der Waals surface area contributed by atoms with E-state index in [1.165, 1.54) is 0 Å². The molecule has 2 amide bonds. The fourth-order valence-corrected chi connectivity index (χ4v) is 9.06. The number of benzene rings is 2. The highest BCUT2D eigenvalue weighted by atomic mass is 35.5. The number of hydrogen-bond acceptors (Lipinski definition) is 6. The van der Waals surface area contributed by atoms with E-state index < -0.39 is 23.6 Å². The lowest BCUT2D eigenvalue weighted by atomic mass is 9.79. The molecule has 0 spiro atoms. The molecule has 3 saturated heterocycles. The maximum absolute atomic E-state index is 17.2. The van der Waals surface area contributed by atoms with Gasteiger partial charge in [0.1, 0.15) is 11.1 Å². The van der Waals surface area contributed by atoms with Gasteiger partial charge in [0.2, 0.25) is 5.91 Å². The van der Waals surface area contributed by atoms with Gasteiger partial charge in [-0.3, -0.25) is 4.79 Å². The smallest absolute Gasteiger partial charge is 0.410 e. The molecule has 3 aliphatic heterocycles. The topological polar surface area (TPSA) is 112 Å². The Labute approximate surface area is 305 Å². The van der Waals surface area contributed by atoms with Crippen molar-refractivity contribution in [2.45, 2.75) is 96.1 Å². The number of hydrogen-bond donors (Lipinski definition) is 1. The number of aliphatic hydroxyl groups is 1. The molecule has 0 unspecified atom stereocenters. The van der Waals surface area contributed by atoms with E-state index in [9.17, 15) is 20.0 Å². The number of halogens is 3. The normalized spacial score (nSPS) is 24.3. The lowest BCUT2D eigenvalue weighted by Crippen LogP contribution is -2.45. The summed E-state index contributed by atoms with van der Waals surface area (Å²) in [6.45, 7) is 8.16. The summed E-state index contributed by atoms with van der Waals surface area (Å²) < 4.78 is 25.2. The number of ether oxygens (including phenoxy) is 1. The maximum atomic E-state index is 17.2. The Morgan fingerprint density at radius 1 is 1.12 bits per heavy atom. The van der Waals surface area contributed by atoms with E-state index in [1.807, 2.05) is 38.7 Å². The number of carbonyl (C=O) groups excluding carboxylic acids is 2. The number of nitrogens with zero attached hydrogens (tertiary/aromatic N) is 5. The van der Waals surface area contributed by atoms with Gasteiger partial charge in [0.25, 0.3) is 0 Å². The second-order valence-electron chi connectivity index (χ2n) is 15.6. The monoisotopic (exact) mass is 731 g/mol. The van der Waals surface area contributed by atoms with Gasteiger partial charge < -0.3 is 24.2 Å². The molecule has 5 fully saturated rings. The van der Waals surface area contributed by atoms with Crippen LogP contribution in [0.2, 0.25) is 10.0 Å². The van der Waals surface area contributed by atoms with E-state index in [-0.39, 0.29) is 76.4 Å². The van der Waals surface area contributed by atoms with Crippen molar-refractivity contribution in [2.75, 3.05) is 13.1 Å². The largest absolute Gasteiger partial charge is 0.444 e. The van der Waals surface area contributed by atoms with Crippen molar-refractivity contribution in [1.29, 1.82) is 5.26 Å². The van der Waals surface area contributed by atoms with Crippen molar-refractivity contribution in [3.63, 3.8) is 0 Å². The molecule has 9 rings (SSSR count). The number of aromatic nitrogens is 2. The van der Waals surface area contributed by atoms with Crippen molar-refractivity contribution in [1.82, 2.24) is 19.4 Å². The third-order valence-electron chi connectivity index (χ3n) is 11.0. The van der Waals surface area contributed by atoms with Gasteiger partial charge >= 0.3 is 6.09 Å². The summed E-state index contributed by atoms with van der Waals surface area (Å²) in [4.78, 5) is 35.6. The maximum Gasteiger partial charge on any atom is 0.410 e. The van der Waals surface area contributed by atoms with Crippen LogP contribution in [0.25, 0.3) is 32.9 Å². The van der Waals surface area contributed by atoms with Gasteiger partial charge in [-0.25, -0.2) is 14.2 Å². The van der Waals surface area contributed by atoms with Gasteiger partial charge in [0.05, 0.1) is 45.9 Å². The van der Waals surface area contributed by atoms with Gasteiger partial charge in [-0.15, -0.1) is 0 Å². The molecule has 5 aliphatic rings. The van der Waals surface area contributed by atoms with Crippen LogP contribution >= 0.6 is 23.2 Å². The molecule has 2 aliphatic carbocycles. The Bertz CT molecular complexity index is 2170. The highest BCUT2D eigenvalue weighted by molar-refractivity contribution is 6.43. The first-order valence-corrected chi connectivity index (χ1v) is 18.5. The minimum Gasteiger partial charge on any atom is -0.444 e. The molecule has 5 atom stereocenters. The van der Waals surface area contributed by atoms with E-state index in [0.717, 1.165) is 35.9 Å².